The predicted octanol–water partition coefficient (Wildman–Crippen LogP) is 3.23. The first-order valence-corrected chi connectivity index (χ1v) is 8.11. The van der Waals surface area contributed by atoms with Gasteiger partial charge in [0, 0.05) is 54.1 Å². The van der Waals surface area contributed by atoms with Gasteiger partial charge in [-0.3, -0.25) is 0 Å². The Hall–Kier alpha value is -1.52. The summed E-state index contributed by atoms with van der Waals surface area (Å²) in [5, 5.41) is 0. The van der Waals surface area contributed by atoms with E-state index in [0.29, 0.717) is 6.54 Å². The Morgan fingerprint density at radius 3 is 2.19 bits per heavy atom. The number of halogens is 1. The van der Waals surface area contributed by atoms with E-state index in [2.05, 4.69) is 74.3 Å². The Bertz CT molecular complexity index is 592. The molecule has 21 heavy (non-hydrogen) atoms. The van der Waals surface area contributed by atoms with Crippen LogP contribution >= 0.6 is 15.9 Å². The third kappa shape index (κ3) is 3.06. The van der Waals surface area contributed by atoms with Crippen LogP contribution in [0.4, 0.5) is 11.4 Å². The maximum Gasteiger partial charge on any atom is 0.0424 e. The molecule has 2 N–H and O–H groups in total. The minimum atomic E-state index is 0.565. The summed E-state index contributed by atoms with van der Waals surface area (Å²) >= 11 is 3.61. The van der Waals surface area contributed by atoms with E-state index in [1.54, 1.807) is 0 Å². The molecule has 0 unspecified atom stereocenters. The number of nitrogens with zero attached hydrogens (tertiary/aromatic N) is 2. The van der Waals surface area contributed by atoms with Gasteiger partial charge in [-0.15, -0.1) is 0 Å². The lowest BCUT2D eigenvalue weighted by Crippen LogP contribution is -2.46. The zero-order valence-corrected chi connectivity index (χ0v) is 13.6. The number of rotatable bonds is 3. The van der Waals surface area contributed by atoms with Crippen molar-refractivity contribution in [1.29, 1.82) is 0 Å². The molecule has 4 heteroatoms. The number of anilines is 2. The molecule has 2 aromatic rings. The van der Waals surface area contributed by atoms with Gasteiger partial charge in [0.15, 0.2) is 0 Å². The summed E-state index contributed by atoms with van der Waals surface area (Å²) in [4.78, 5) is 4.88. The summed E-state index contributed by atoms with van der Waals surface area (Å²) in [6.07, 6.45) is 0. The lowest BCUT2D eigenvalue weighted by Gasteiger charge is -2.38. The molecule has 0 bridgehead atoms. The summed E-state index contributed by atoms with van der Waals surface area (Å²) in [5.41, 5.74) is 9.68. The summed E-state index contributed by atoms with van der Waals surface area (Å²) in [6.45, 7) is 4.70. The van der Waals surface area contributed by atoms with E-state index in [1.807, 2.05) is 0 Å². The van der Waals surface area contributed by atoms with Crippen LogP contribution < -0.4 is 15.5 Å². The van der Waals surface area contributed by atoms with Gasteiger partial charge < -0.3 is 15.5 Å². The van der Waals surface area contributed by atoms with Crippen molar-refractivity contribution in [2.24, 2.45) is 5.73 Å². The Morgan fingerprint density at radius 1 is 0.857 bits per heavy atom. The molecule has 0 radical (unpaired) electrons. The number of hydrogen-bond donors (Lipinski definition) is 1. The third-order valence-corrected chi connectivity index (χ3v) is 4.78. The first kappa shape index (κ1) is 14.4. The average molecular weight is 346 g/mol. The van der Waals surface area contributed by atoms with E-state index >= 15 is 0 Å². The first-order valence-electron chi connectivity index (χ1n) is 7.32. The molecule has 0 aliphatic carbocycles. The monoisotopic (exact) mass is 345 g/mol. The van der Waals surface area contributed by atoms with Crippen molar-refractivity contribution in [3.63, 3.8) is 0 Å². The molecular formula is C17H20BrN3. The quantitative estimate of drug-likeness (QED) is 0.926. The molecule has 1 aliphatic heterocycles. The fourth-order valence-electron chi connectivity index (χ4n) is 2.89. The number of nitrogens with two attached hydrogens (primary N) is 1. The van der Waals surface area contributed by atoms with Crippen LogP contribution in [0.15, 0.2) is 53.0 Å². The molecule has 0 atom stereocenters. The molecule has 3 rings (SSSR count). The summed E-state index contributed by atoms with van der Waals surface area (Å²) in [7, 11) is 0. The van der Waals surface area contributed by atoms with Crippen molar-refractivity contribution < 1.29 is 0 Å². The molecule has 1 heterocycles. The van der Waals surface area contributed by atoms with Gasteiger partial charge in [0.2, 0.25) is 0 Å². The van der Waals surface area contributed by atoms with Gasteiger partial charge in [-0.2, -0.15) is 0 Å². The van der Waals surface area contributed by atoms with Crippen LogP contribution in [0, 0.1) is 0 Å². The van der Waals surface area contributed by atoms with Crippen LogP contribution in [-0.2, 0) is 6.54 Å². The second-order valence-electron chi connectivity index (χ2n) is 5.25. The Morgan fingerprint density at radius 2 is 1.52 bits per heavy atom. The molecule has 0 spiro atoms. The molecule has 1 saturated heterocycles. The third-order valence-electron chi connectivity index (χ3n) is 4.04. The van der Waals surface area contributed by atoms with E-state index in [1.165, 1.54) is 16.9 Å². The summed E-state index contributed by atoms with van der Waals surface area (Å²) < 4.78 is 1.10. The maximum atomic E-state index is 5.91. The van der Waals surface area contributed by atoms with Crippen molar-refractivity contribution in [3.05, 3.63) is 58.6 Å². The number of para-hydroxylation sites is 1. The van der Waals surface area contributed by atoms with Crippen molar-refractivity contribution in [2.75, 3.05) is 36.0 Å². The fourth-order valence-corrected chi connectivity index (χ4v) is 3.41. The van der Waals surface area contributed by atoms with Crippen LogP contribution in [0.1, 0.15) is 5.56 Å². The van der Waals surface area contributed by atoms with Gasteiger partial charge in [0.1, 0.15) is 0 Å². The average Bonchev–Trinajstić information content (AvgIpc) is 2.55. The minimum absolute atomic E-state index is 0.565. The van der Waals surface area contributed by atoms with Crippen LogP contribution in [-0.4, -0.2) is 26.2 Å². The number of benzene rings is 2. The van der Waals surface area contributed by atoms with Crippen LogP contribution in [0.5, 0.6) is 0 Å². The summed E-state index contributed by atoms with van der Waals surface area (Å²) in [5.74, 6) is 0. The lowest BCUT2D eigenvalue weighted by molar-refractivity contribution is 0.651. The smallest absolute Gasteiger partial charge is 0.0424 e. The zero-order chi connectivity index (χ0) is 14.7. The second kappa shape index (κ2) is 6.50. The largest absolute Gasteiger partial charge is 0.368 e. The zero-order valence-electron chi connectivity index (χ0n) is 12.0. The van der Waals surface area contributed by atoms with Crippen molar-refractivity contribution >= 4 is 27.3 Å². The van der Waals surface area contributed by atoms with Gasteiger partial charge in [-0.1, -0.05) is 40.2 Å². The second-order valence-corrected chi connectivity index (χ2v) is 6.11. The van der Waals surface area contributed by atoms with E-state index in [4.69, 9.17) is 5.73 Å². The Labute approximate surface area is 134 Å². The predicted molar refractivity (Wildman–Crippen MR) is 92.9 cm³/mol. The van der Waals surface area contributed by atoms with Gasteiger partial charge in [-0.25, -0.2) is 0 Å². The van der Waals surface area contributed by atoms with E-state index in [0.717, 1.165) is 30.7 Å². The Kier molecular flexibility index (Phi) is 4.46. The van der Waals surface area contributed by atoms with Crippen LogP contribution in [0.2, 0.25) is 0 Å². The van der Waals surface area contributed by atoms with E-state index in [9.17, 15) is 0 Å². The van der Waals surface area contributed by atoms with E-state index < -0.39 is 0 Å². The van der Waals surface area contributed by atoms with Gasteiger partial charge in [0.25, 0.3) is 0 Å². The molecule has 0 aromatic heterocycles. The highest BCUT2D eigenvalue weighted by atomic mass is 79.9. The van der Waals surface area contributed by atoms with Crippen molar-refractivity contribution in [2.45, 2.75) is 6.54 Å². The molecule has 2 aromatic carbocycles. The highest BCUT2D eigenvalue weighted by Gasteiger charge is 2.19. The Balaban J connectivity index is 1.73. The highest BCUT2D eigenvalue weighted by Crippen LogP contribution is 2.29. The molecule has 3 nitrogen and oxygen atoms in total. The van der Waals surface area contributed by atoms with Gasteiger partial charge in [-0.05, 0) is 24.3 Å². The maximum absolute atomic E-state index is 5.91. The van der Waals surface area contributed by atoms with Crippen molar-refractivity contribution in [3.8, 4) is 0 Å². The molecule has 0 saturated carbocycles. The molecular weight excluding hydrogens is 326 g/mol. The lowest BCUT2D eigenvalue weighted by atomic mass is 10.1. The fraction of sp³-hybridized carbons (Fsp3) is 0.294. The van der Waals surface area contributed by atoms with Crippen molar-refractivity contribution in [1.82, 2.24) is 0 Å². The summed E-state index contributed by atoms with van der Waals surface area (Å²) in [6, 6.07) is 16.9. The normalized spacial score (nSPS) is 15.3. The van der Waals surface area contributed by atoms with E-state index in [-0.39, 0.29) is 0 Å². The van der Waals surface area contributed by atoms with Gasteiger partial charge in [0.05, 0.1) is 0 Å². The van der Waals surface area contributed by atoms with Crippen LogP contribution in [0.3, 0.4) is 0 Å². The topological polar surface area (TPSA) is 32.5 Å². The van der Waals surface area contributed by atoms with Gasteiger partial charge >= 0.3 is 0 Å². The minimum Gasteiger partial charge on any atom is -0.368 e. The molecule has 0 amide bonds. The standard InChI is InChI=1S/C17H20BrN3/c18-16-7-4-8-17(15(16)13-19)21-11-9-20(10-12-21)14-5-2-1-3-6-14/h1-8H,9-13,19H2. The molecule has 110 valence electrons. The SMILES string of the molecule is NCc1c(Br)cccc1N1CCN(c2ccccc2)CC1. The highest BCUT2D eigenvalue weighted by molar-refractivity contribution is 9.10. The number of piperazine rings is 1. The number of hydrogen-bond acceptors (Lipinski definition) is 3. The molecule has 1 fully saturated rings. The molecule has 1 aliphatic rings. The van der Waals surface area contributed by atoms with Crippen LogP contribution in [0.25, 0.3) is 0 Å². The first-order chi connectivity index (χ1) is 10.3.